The Morgan fingerprint density at radius 3 is 2.50 bits per heavy atom. The van der Waals surface area contributed by atoms with Gasteiger partial charge >= 0.3 is 0 Å². The molecule has 0 amide bonds. The highest BCUT2D eigenvalue weighted by atomic mass is 79.9. The molecule has 0 fully saturated rings. The van der Waals surface area contributed by atoms with Gasteiger partial charge in [0.25, 0.3) is 0 Å². The van der Waals surface area contributed by atoms with Gasteiger partial charge in [-0.3, -0.25) is 0 Å². The smallest absolute Gasteiger partial charge is 0.124 e. The summed E-state index contributed by atoms with van der Waals surface area (Å²) in [4.78, 5) is 2.05. The van der Waals surface area contributed by atoms with Gasteiger partial charge in [-0.25, -0.2) is 4.39 Å². The molecule has 106 valence electrons. The van der Waals surface area contributed by atoms with Gasteiger partial charge in [-0.05, 0) is 35.9 Å². The number of hydrogen-bond donors (Lipinski definition) is 1. The molecule has 0 atom stereocenters. The van der Waals surface area contributed by atoms with Crippen molar-refractivity contribution in [1.82, 2.24) is 0 Å². The van der Waals surface area contributed by atoms with E-state index in [1.165, 1.54) is 12.1 Å². The molecular formula is C15H15Br2FN2. The Bertz CT molecular complexity index is 615. The Kier molecular flexibility index (Phi) is 5.05. The van der Waals surface area contributed by atoms with Crippen LogP contribution in [0.25, 0.3) is 0 Å². The third-order valence-electron chi connectivity index (χ3n) is 2.92. The molecule has 0 aliphatic carbocycles. The van der Waals surface area contributed by atoms with Crippen LogP contribution in [0.15, 0.2) is 45.3 Å². The Labute approximate surface area is 135 Å². The van der Waals surface area contributed by atoms with Crippen LogP contribution in [-0.4, -0.2) is 14.1 Å². The summed E-state index contributed by atoms with van der Waals surface area (Å²) in [7, 11) is 4.00. The summed E-state index contributed by atoms with van der Waals surface area (Å²) in [5.74, 6) is -0.239. The average molecular weight is 402 g/mol. The number of nitrogens with zero attached hydrogens (tertiary/aromatic N) is 1. The summed E-state index contributed by atoms with van der Waals surface area (Å²) in [6.07, 6.45) is 0. The van der Waals surface area contributed by atoms with Gasteiger partial charge in [0.15, 0.2) is 0 Å². The van der Waals surface area contributed by atoms with E-state index in [1.807, 2.05) is 32.3 Å². The second-order valence-corrected chi connectivity index (χ2v) is 6.42. The number of hydrogen-bond acceptors (Lipinski definition) is 2. The second-order valence-electron chi connectivity index (χ2n) is 4.65. The number of anilines is 2. The zero-order valence-electron chi connectivity index (χ0n) is 11.3. The fourth-order valence-corrected chi connectivity index (χ4v) is 2.75. The highest BCUT2D eigenvalue weighted by molar-refractivity contribution is 9.10. The van der Waals surface area contributed by atoms with Crippen LogP contribution in [0.2, 0.25) is 0 Å². The topological polar surface area (TPSA) is 15.3 Å². The summed E-state index contributed by atoms with van der Waals surface area (Å²) in [5, 5.41) is 3.39. The monoisotopic (exact) mass is 400 g/mol. The predicted octanol–water partition coefficient (Wildman–Crippen LogP) is 5.03. The fourth-order valence-electron chi connectivity index (χ4n) is 1.90. The fraction of sp³-hybridized carbons (Fsp3) is 0.200. The molecule has 0 aliphatic heterocycles. The van der Waals surface area contributed by atoms with E-state index in [0.29, 0.717) is 6.54 Å². The van der Waals surface area contributed by atoms with E-state index in [0.717, 1.165) is 25.9 Å². The Balaban J connectivity index is 2.20. The van der Waals surface area contributed by atoms with E-state index in [-0.39, 0.29) is 5.82 Å². The molecule has 2 aromatic carbocycles. The second kappa shape index (κ2) is 6.59. The normalized spacial score (nSPS) is 10.4. The van der Waals surface area contributed by atoms with E-state index in [2.05, 4.69) is 42.1 Å². The van der Waals surface area contributed by atoms with Crippen molar-refractivity contribution in [3.8, 4) is 0 Å². The number of nitrogens with one attached hydrogen (secondary N) is 1. The zero-order valence-corrected chi connectivity index (χ0v) is 14.4. The largest absolute Gasteiger partial charge is 0.379 e. The summed E-state index contributed by atoms with van der Waals surface area (Å²) in [6.45, 7) is 0.623. The van der Waals surface area contributed by atoms with Gasteiger partial charge in [-0.1, -0.05) is 37.9 Å². The molecule has 2 nitrogen and oxygen atoms in total. The average Bonchev–Trinajstić information content (AvgIpc) is 2.37. The van der Waals surface area contributed by atoms with Gasteiger partial charge in [-0.15, -0.1) is 0 Å². The van der Waals surface area contributed by atoms with Crippen LogP contribution < -0.4 is 10.2 Å². The van der Waals surface area contributed by atoms with Crippen LogP contribution in [-0.2, 0) is 6.54 Å². The minimum Gasteiger partial charge on any atom is -0.379 e. The third-order valence-corrected chi connectivity index (χ3v) is 4.16. The van der Waals surface area contributed by atoms with Crippen molar-refractivity contribution in [2.75, 3.05) is 24.3 Å². The van der Waals surface area contributed by atoms with E-state index in [4.69, 9.17) is 0 Å². The summed E-state index contributed by atoms with van der Waals surface area (Å²) in [5.41, 5.74) is 3.14. The highest BCUT2D eigenvalue weighted by Gasteiger charge is 2.07. The van der Waals surface area contributed by atoms with E-state index >= 15 is 0 Å². The lowest BCUT2D eigenvalue weighted by molar-refractivity contribution is 0.626. The van der Waals surface area contributed by atoms with Gasteiger partial charge in [0.2, 0.25) is 0 Å². The summed E-state index contributed by atoms with van der Waals surface area (Å²) in [6, 6.07) is 10.8. The first-order valence-electron chi connectivity index (χ1n) is 6.12. The number of halogens is 3. The zero-order chi connectivity index (χ0) is 14.7. The maximum atomic E-state index is 13.1. The van der Waals surface area contributed by atoms with Crippen molar-refractivity contribution in [3.05, 3.63) is 56.7 Å². The Morgan fingerprint density at radius 1 is 1.10 bits per heavy atom. The Morgan fingerprint density at radius 2 is 1.85 bits per heavy atom. The van der Waals surface area contributed by atoms with Gasteiger partial charge in [-0.2, -0.15) is 0 Å². The van der Waals surface area contributed by atoms with Crippen LogP contribution in [0.4, 0.5) is 15.8 Å². The van der Waals surface area contributed by atoms with Gasteiger partial charge in [0, 0.05) is 29.6 Å². The number of benzene rings is 2. The number of rotatable bonds is 4. The van der Waals surface area contributed by atoms with Crippen molar-refractivity contribution in [2.45, 2.75) is 6.54 Å². The molecule has 0 aliphatic rings. The molecule has 5 heteroatoms. The quantitative estimate of drug-likeness (QED) is 0.772. The molecule has 2 aromatic rings. The van der Waals surface area contributed by atoms with Crippen LogP contribution in [0.1, 0.15) is 5.56 Å². The van der Waals surface area contributed by atoms with Crippen LogP contribution in [0.5, 0.6) is 0 Å². The Hall–Kier alpha value is -1.07. The summed E-state index contributed by atoms with van der Waals surface area (Å²) >= 11 is 6.86. The lowest BCUT2D eigenvalue weighted by atomic mass is 10.2. The van der Waals surface area contributed by atoms with Crippen LogP contribution in [0.3, 0.4) is 0 Å². The first kappa shape index (κ1) is 15.3. The maximum absolute atomic E-state index is 13.1. The van der Waals surface area contributed by atoms with E-state index < -0.39 is 0 Å². The molecule has 20 heavy (non-hydrogen) atoms. The highest BCUT2D eigenvalue weighted by Crippen LogP contribution is 2.29. The molecule has 0 saturated carbocycles. The molecule has 0 heterocycles. The van der Waals surface area contributed by atoms with Gasteiger partial charge in [0.1, 0.15) is 5.82 Å². The van der Waals surface area contributed by atoms with Crippen molar-refractivity contribution < 1.29 is 4.39 Å². The minimum absolute atomic E-state index is 0.239. The first-order valence-corrected chi connectivity index (χ1v) is 7.70. The molecule has 0 bridgehead atoms. The first-order chi connectivity index (χ1) is 9.47. The molecule has 0 radical (unpaired) electrons. The van der Waals surface area contributed by atoms with Crippen LogP contribution in [0, 0.1) is 5.82 Å². The van der Waals surface area contributed by atoms with Gasteiger partial charge in [0.05, 0.1) is 11.4 Å². The third kappa shape index (κ3) is 3.73. The molecule has 2 rings (SSSR count). The molecule has 1 N–H and O–H groups in total. The molecular weight excluding hydrogens is 387 g/mol. The molecule has 0 unspecified atom stereocenters. The summed E-state index contributed by atoms with van der Waals surface area (Å²) < 4.78 is 14.9. The standard InChI is InChI=1S/C15H15Br2FN2/c1-20(2)15-6-4-11(16)7-14(15)19-9-10-3-5-12(18)8-13(10)17/h3-8,19H,9H2,1-2H3. The molecule has 0 aromatic heterocycles. The lowest BCUT2D eigenvalue weighted by Crippen LogP contribution is -2.12. The van der Waals surface area contributed by atoms with E-state index in [9.17, 15) is 4.39 Å². The molecule has 0 spiro atoms. The predicted molar refractivity (Wildman–Crippen MR) is 89.9 cm³/mol. The minimum atomic E-state index is -0.239. The SMILES string of the molecule is CN(C)c1ccc(Br)cc1NCc1ccc(F)cc1Br. The van der Waals surface area contributed by atoms with Crippen LogP contribution >= 0.6 is 31.9 Å². The maximum Gasteiger partial charge on any atom is 0.124 e. The van der Waals surface area contributed by atoms with Crippen molar-refractivity contribution >= 4 is 43.2 Å². The lowest BCUT2D eigenvalue weighted by Gasteiger charge is -2.19. The van der Waals surface area contributed by atoms with Gasteiger partial charge < -0.3 is 10.2 Å². The van der Waals surface area contributed by atoms with E-state index in [1.54, 1.807) is 6.07 Å². The van der Waals surface area contributed by atoms with Crippen molar-refractivity contribution in [2.24, 2.45) is 0 Å². The molecule has 0 saturated heterocycles. The van der Waals surface area contributed by atoms with Crippen molar-refractivity contribution in [1.29, 1.82) is 0 Å². The van der Waals surface area contributed by atoms with Crippen molar-refractivity contribution in [3.63, 3.8) is 0 Å².